The molecule has 1 aliphatic rings. The third-order valence-corrected chi connectivity index (χ3v) is 3.89. The van der Waals surface area contributed by atoms with Gasteiger partial charge in [0.25, 0.3) is 0 Å². The lowest BCUT2D eigenvalue weighted by Crippen LogP contribution is -2.31. The van der Waals surface area contributed by atoms with Crippen molar-refractivity contribution < 1.29 is 4.79 Å². The Morgan fingerprint density at radius 3 is 2.79 bits per heavy atom. The Kier molecular flexibility index (Phi) is 4.56. The van der Waals surface area contributed by atoms with Gasteiger partial charge in [-0.15, -0.1) is 0 Å². The van der Waals surface area contributed by atoms with E-state index in [2.05, 4.69) is 35.0 Å². The molecule has 0 spiro atoms. The molecule has 0 aliphatic carbocycles. The lowest BCUT2D eigenvalue weighted by molar-refractivity contribution is -0.115. The van der Waals surface area contributed by atoms with E-state index >= 15 is 0 Å². The van der Waals surface area contributed by atoms with Crippen LogP contribution in [0.4, 0.5) is 5.69 Å². The van der Waals surface area contributed by atoms with E-state index in [9.17, 15) is 4.79 Å². The van der Waals surface area contributed by atoms with Gasteiger partial charge in [-0.1, -0.05) is 25.5 Å². The van der Waals surface area contributed by atoms with E-state index in [-0.39, 0.29) is 5.91 Å². The zero-order chi connectivity index (χ0) is 13.8. The molecule has 4 heteroatoms. The van der Waals surface area contributed by atoms with E-state index in [4.69, 9.17) is 0 Å². The Balaban J connectivity index is 2.24. The Hall–Kier alpha value is -1.39. The number of nitrogens with one attached hydrogen (secondary N) is 3. The summed E-state index contributed by atoms with van der Waals surface area (Å²) in [7, 11) is 3.99. The van der Waals surface area contributed by atoms with Crippen LogP contribution in [0.5, 0.6) is 0 Å². The second kappa shape index (κ2) is 6.17. The third-order valence-electron chi connectivity index (χ3n) is 3.89. The average Bonchev–Trinajstić information content (AvgIpc) is 2.77. The second-order valence-corrected chi connectivity index (χ2v) is 5.13. The predicted octanol–water partition coefficient (Wildman–Crippen LogP) is 1.69. The Morgan fingerprint density at radius 2 is 2.16 bits per heavy atom. The van der Waals surface area contributed by atoms with E-state index in [1.54, 1.807) is 0 Å². The fraction of sp³-hybridized carbons (Fsp3) is 0.533. The molecule has 1 aromatic rings. The molecule has 0 radical (unpaired) electrons. The smallest absolute Gasteiger partial charge is 0.228 e. The molecule has 1 aliphatic heterocycles. The minimum absolute atomic E-state index is 0.0930. The van der Waals surface area contributed by atoms with Crippen molar-refractivity contribution in [3.05, 3.63) is 29.3 Å². The number of hydrogen-bond donors (Lipinski definition) is 3. The molecule has 0 aromatic heterocycles. The summed E-state index contributed by atoms with van der Waals surface area (Å²) in [6.45, 7) is 3.20. The lowest BCUT2D eigenvalue weighted by atomic mass is 9.89. The SMILES string of the molecule is CCC(CNC)C(NC)c1ccc2c(c1)CC(=O)N2. The van der Waals surface area contributed by atoms with Crippen molar-refractivity contribution in [2.75, 3.05) is 26.0 Å². The molecule has 2 unspecified atom stereocenters. The maximum absolute atomic E-state index is 11.4. The van der Waals surface area contributed by atoms with E-state index in [0.29, 0.717) is 18.4 Å². The molecule has 2 atom stereocenters. The van der Waals surface area contributed by atoms with E-state index in [0.717, 1.165) is 24.2 Å². The normalized spacial score (nSPS) is 16.9. The second-order valence-electron chi connectivity index (χ2n) is 5.13. The maximum Gasteiger partial charge on any atom is 0.228 e. The van der Waals surface area contributed by atoms with Crippen LogP contribution >= 0.6 is 0 Å². The highest BCUT2D eigenvalue weighted by Crippen LogP contribution is 2.30. The molecule has 0 saturated carbocycles. The minimum Gasteiger partial charge on any atom is -0.326 e. The molecule has 104 valence electrons. The summed E-state index contributed by atoms with van der Waals surface area (Å²) in [5.41, 5.74) is 3.34. The number of fused-ring (bicyclic) bond motifs is 1. The highest BCUT2D eigenvalue weighted by molar-refractivity contribution is 5.99. The summed E-state index contributed by atoms with van der Waals surface area (Å²) in [5.74, 6) is 0.633. The average molecular weight is 261 g/mol. The van der Waals surface area contributed by atoms with Crippen LogP contribution in [-0.4, -0.2) is 26.5 Å². The number of carbonyl (C=O) groups is 1. The molecule has 19 heavy (non-hydrogen) atoms. The molecule has 1 heterocycles. The molecule has 0 saturated heterocycles. The van der Waals surface area contributed by atoms with Gasteiger partial charge >= 0.3 is 0 Å². The molecule has 3 N–H and O–H groups in total. The van der Waals surface area contributed by atoms with Crippen LogP contribution in [0.25, 0.3) is 0 Å². The highest BCUT2D eigenvalue weighted by atomic mass is 16.1. The monoisotopic (exact) mass is 261 g/mol. The standard InChI is InChI=1S/C15H23N3O/c1-4-10(9-16-2)15(17-3)11-5-6-13-12(7-11)8-14(19)18-13/h5-7,10,15-17H,4,8-9H2,1-3H3,(H,18,19). The van der Waals surface area contributed by atoms with Gasteiger partial charge < -0.3 is 16.0 Å². The first-order valence-electron chi connectivity index (χ1n) is 6.94. The predicted molar refractivity (Wildman–Crippen MR) is 78.3 cm³/mol. The molecule has 2 rings (SSSR count). The molecule has 1 amide bonds. The fourth-order valence-corrected chi connectivity index (χ4v) is 2.88. The van der Waals surface area contributed by atoms with E-state index < -0.39 is 0 Å². The topological polar surface area (TPSA) is 53.2 Å². The van der Waals surface area contributed by atoms with Gasteiger partial charge in [0.15, 0.2) is 0 Å². The summed E-state index contributed by atoms with van der Waals surface area (Å²) in [5, 5.41) is 9.55. The van der Waals surface area contributed by atoms with Crippen LogP contribution in [0.2, 0.25) is 0 Å². The summed E-state index contributed by atoms with van der Waals surface area (Å²) in [6, 6.07) is 6.61. The first-order chi connectivity index (χ1) is 9.19. The van der Waals surface area contributed by atoms with E-state index in [1.165, 1.54) is 5.56 Å². The van der Waals surface area contributed by atoms with Crippen LogP contribution in [0.3, 0.4) is 0 Å². The van der Waals surface area contributed by atoms with Crippen molar-refractivity contribution in [2.45, 2.75) is 25.8 Å². The number of anilines is 1. The van der Waals surface area contributed by atoms with Gasteiger partial charge in [0, 0.05) is 11.7 Å². The van der Waals surface area contributed by atoms with Crippen molar-refractivity contribution in [1.29, 1.82) is 0 Å². The summed E-state index contributed by atoms with van der Waals surface area (Å²) in [6.07, 6.45) is 1.61. The molecule has 4 nitrogen and oxygen atoms in total. The van der Waals surface area contributed by atoms with Crippen LogP contribution in [-0.2, 0) is 11.2 Å². The highest BCUT2D eigenvalue weighted by Gasteiger charge is 2.23. The number of hydrogen-bond acceptors (Lipinski definition) is 3. The van der Waals surface area contributed by atoms with Gasteiger partial charge in [-0.25, -0.2) is 0 Å². The zero-order valence-corrected chi connectivity index (χ0v) is 11.9. The first kappa shape index (κ1) is 14.0. The van der Waals surface area contributed by atoms with Gasteiger partial charge in [0.1, 0.15) is 0 Å². The van der Waals surface area contributed by atoms with Gasteiger partial charge in [0.05, 0.1) is 6.42 Å². The van der Waals surface area contributed by atoms with Crippen LogP contribution < -0.4 is 16.0 Å². The summed E-state index contributed by atoms with van der Waals surface area (Å²) in [4.78, 5) is 11.4. The number of carbonyl (C=O) groups excluding carboxylic acids is 1. The molecule has 0 bridgehead atoms. The first-order valence-corrected chi connectivity index (χ1v) is 6.94. The van der Waals surface area contributed by atoms with Crippen LogP contribution in [0.1, 0.15) is 30.5 Å². The van der Waals surface area contributed by atoms with Crippen molar-refractivity contribution >= 4 is 11.6 Å². The van der Waals surface area contributed by atoms with Crippen molar-refractivity contribution in [2.24, 2.45) is 5.92 Å². The van der Waals surface area contributed by atoms with Gasteiger partial charge in [-0.05, 0) is 43.8 Å². The van der Waals surface area contributed by atoms with Crippen molar-refractivity contribution in [1.82, 2.24) is 10.6 Å². The van der Waals surface area contributed by atoms with Crippen LogP contribution in [0, 0.1) is 5.92 Å². The van der Waals surface area contributed by atoms with Crippen molar-refractivity contribution in [3.8, 4) is 0 Å². The maximum atomic E-state index is 11.4. The minimum atomic E-state index is 0.0930. The number of amides is 1. The third kappa shape index (κ3) is 2.96. The molecule has 1 aromatic carbocycles. The summed E-state index contributed by atoms with van der Waals surface area (Å²) >= 11 is 0. The summed E-state index contributed by atoms with van der Waals surface area (Å²) < 4.78 is 0. The van der Waals surface area contributed by atoms with Gasteiger partial charge in [0.2, 0.25) is 5.91 Å². The Morgan fingerprint density at radius 1 is 1.37 bits per heavy atom. The molecular weight excluding hydrogens is 238 g/mol. The van der Waals surface area contributed by atoms with Crippen molar-refractivity contribution in [3.63, 3.8) is 0 Å². The fourth-order valence-electron chi connectivity index (χ4n) is 2.88. The largest absolute Gasteiger partial charge is 0.326 e. The number of benzene rings is 1. The zero-order valence-electron chi connectivity index (χ0n) is 11.9. The molecule has 0 fully saturated rings. The quantitative estimate of drug-likeness (QED) is 0.730. The van der Waals surface area contributed by atoms with Crippen LogP contribution in [0.15, 0.2) is 18.2 Å². The number of rotatable bonds is 6. The van der Waals surface area contributed by atoms with Gasteiger partial charge in [-0.3, -0.25) is 4.79 Å². The molecular formula is C15H23N3O. The Bertz CT molecular complexity index is 459. The lowest BCUT2D eigenvalue weighted by Gasteiger charge is -2.26. The Labute approximate surface area is 115 Å². The van der Waals surface area contributed by atoms with Gasteiger partial charge in [-0.2, -0.15) is 0 Å². The van der Waals surface area contributed by atoms with E-state index in [1.807, 2.05) is 20.2 Å².